The van der Waals surface area contributed by atoms with E-state index in [-0.39, 0.29) is 0 Å². The Kier molecular flexibility index (Phi) is 25.9. The predicted octanol–water partition coefficient (Wildman–Crippen LogP) is 7.04. The Balaban J connectivity index is -0.000000355. The van der Waals surface area contributed by atoms with Gasteiger partial charge in [-0.2, -0.15) is 0 Å². The van der Waals surface area contributed by atoms with Gasteiger partial charge in [0, 0.05) is 6.42 Å². The largest absolute Gasteiger partial charge is 0.300 e. The van der Waals surface area contributed by atoms with Crippen LogP contribution < -0.4 is 0 Å². The Bertz CT molecular complexity index is 167. The number of Topliss-reactive ketones (excluding diaryl/α,β-unsaturated/α-hetero) is 1. The van der Waals surface area contributed by atoms with Crippen LogP contribution in [0, 0.1) is 11.8 Å². The van der Waals surface area contributed by atoms with E-state index in [1.165, 1.54) is 38.5 Å². The van der Waals surface area contributed by atoms with Gasteiger partial charge in [0.15, 0.2) is 0 Å². The van der Waals surface area contributed by atoms with Crippen molar-refractivity contribution in [2.24, 2.45) is 11.8 Å². The van der Waals surface area contributed by atoms with E-state index in [4.69, 9.17) is 0 Å². The standard InChI is InChI=1S/C12H22O.C3H8.2C2H6/c1-3-11-6-8-12(9-7-11)5-4-10(2)13;1-3-2;2*1-2/h11-12H,3-9H2,1-2H3;3H2,1-2H3;2*1-2H3. The molecule has 0 unspecified atom stereocenters. The maximum atomic E-state index is 10.8. The summed E-state index contributed by atoms with van der Waals surface area (Å²) in [6.07, 6.45) is 10.1. The molecule has 1 saturated carbocycles. The lowest BCUT2D eigenvalue weighted by molar-refractivity contribution is -0.117. The molecule has 20 heavy (non-hydrogen) atoms. The molecule has 1 aliphatic carbocycles. The van der Waals surface area contributed by atoms with Crippen molar-refractivity contribution in [3.63, 3.8) is 0 Å². The molecule has 1 heteroatoms. The summed E-state index contributed by atoms with van der Waals surface area (Å²) < 4.78 is 0. The van der Waals surface area contributed by atoms with Crippen molar-refractivity contribution in [1.82, 2.24) is 0 Å². The van der Waals surface area contributed by atoms with Gasteiger partial charge in [0.1, 0.15) is 5.78 Å². The molecule has 1 rings (SSSR count). The quantitative estimate of drug-likeness (QED) is 0.541. The average molecular weight is 287 g/mol. The second kappa shape index (κ2) is 21.0. The third-order valence-corrected chi connectivity index (χ3v) is 3.45. The second-order valence-corrected chi connectivity index (χ2v) is 5.24. The summed E-state index contributed by atoms with van der Waals surface area (Å²) >= 11 is 0. The van der Waals surface area contributed by atoms with Crippen molar-refractivity contribution in [3.8, 4) is 0 Å². The fourth-order valence-electron chi connectivity index (χ4n) is 2.34. The first-order valence-corrected chi connectivity index (χ1v) is 9.13. The van der Waals surface area contributed by atoms with Crippen molar-refractivity contribution >= 4 is 5.78 Å². The minimum absolute atomic E-state index is 0.359. The van der Waals surface area contributed by atoms with Crippen molar-refractivity contribution in [3.05, 3.63) is 0 Å². The summed E-state index contributed by atoms with van der Waals surface area (Å²) in [7, 11) is 0. The zero-order valence-corrected chi connectivity index (χ0v) is 15.7. The molecule has 0 aromatic carbocycles. The van der Waals surface area contributed by atoms with Crippen molar-refractivity contribution in [1.29, 1.82) is 0 Å². The first-order valence-electron chi connectivity index (χ1n) is 9.13. The Hall–Kier alpha value is -0.330. The van der Waals surface area contributed by atoms with Crippen LogP contribution in [0.25, 0.3) is 0 Å². The van der Waals surface area contributed by atoms with Gasteiger partial charge in [0.2, 0.25) is 0 Å². The second-order valence-electron chi connectivity index (χ2n) is 5.24. The van der Waals surface area contributed by atoms with Gasteiger partial charge in [-0.3, -0.25) is 0 Å². The number of carbonyl (C=O) groups is 1. The zero-order chi connectivity index (χ0) is 16.4. The highest BCUT2D eigenvalue weighted by molar-refractivity contribution is 5.75. The van der Waals surface area contributed by atoms with Crippen molar-refractivity contribution in [2.45, 2.75) is 107 Å². The third kappa shape index (κ3) is 17.7. The summed E-state index contributed by atoms with van der Waals surface area (Å²) in [6, 6.07) is 0. The van der Waals surface area contributed by atoms with Crippen LogP contribution in [0.4, 0.5) is 0 Å². The lowest BCUT2D eigenvalue weighted by atomic mass is 9.79. The Morgan fingerprint density at radius 1 is 0.850 bits per heavy atom. The van der Waals surface area contributed by atoms with Crippen molar-refractivity contribution in [2.75, 3.05) is 0 Å². The summed E-state index contributed by atoms with van der Waals surface area (Å²) in [5.74, 6) is 2.19. The number of ketones is 1. The van der Waals surface area contributed by atoms with Gasteiger partial charge in [-0.1, -0.05) is 87.0 Å². The van der Waals surface area contributed by atoms with Crippen LogP contribution in [-0.4, -0.2) is 5.78 Å². The first-order chi connectivity index (χ1) is 9.63. The van der Waals surface area contributed by atoms with Gasteiger partial charge in [-0.15, -0.1) is 0 Å². The Morgan fingerprint density at radius 3 is 1.50 bits per heavy atom. The molecule has 0 N–H and O–H groups in total. The molecule has 0 aromatic heterocycles. The van der Waals surface area contributed by atoms with Crippen LogP contribution in [0.2, 0.25) is 0 Å². The van der Waals surface area contributed by atoms with Crippen LogP contribution in [0.1, 0.15) is 107 Å². The molecule has 0 spiro atoms. The predicted molar refractivity (Wildman–Crippen MR) is 94.3 cm³/mol. The van der Waals surface area contributed by atoms with Gasteiger partial charge < -0.3 is 4.79 Å². The Morgan fingerprint density at radius 2 is 1.20 bits per heavy atom. The van der Waals surface area contributed by atoms with E-state index in [2.05, 4.69) is 20.8 Å². The maximum absolute atomic E-state index is 10.8. The average Bonchev–Trinajstić information content (AvgIpc) is 2.50. The van der Waals surface area contributed by atoms with Gasteiger partial charge >= 0.3 is 0 Å². The zero-order valence-electron chi connectivity index (χ0n) is 15.7. The fourth-order valence-corrected chi connectivity index (χ4v) is 2.34. The highest BCUT2D eigenvalue weighted by atomic mass is 16.1. The van der Waals surface area contributed by atoms with Crippen LogP contribution in [0.15, 0.2) is 0 Å². The third-order valence-electron chi connectivity index (χ3n) is 3.45. The minimum Gasteiger partial charge on any atom is -0.300 e. The lowest BCUT2D eigenvalue weighted by Gasteiger charge is -2.27. The monoisotopic (exact) mass is 286 g/mol. The normalized spacial score (nSPS) is 20.2. The van der Waals surface area contributed by atoms with Crippen LogP contribution in [-0.2, 0) is 4.79 Å². The van der Waals surface area contributed by atoms with E-state index >= 15 is 0 Å². The molecule has 1 fully saturated rings. The van der Waals surface area contributed by atoms with E-state index < -0.39 is 0 Å². The molecule has 0 saturated heterocycles. The molecule has 1 aliphatic rings. The highest BCUT2D eigenvalue weighted by Crippen LogP contribution is 2.32. The first kappa shape index (κ1) is 24.7. The number of rotatable bonds is 4. The number of hydrogen-bond acceptors (Lipinski definition) is 1. The maximum Gasteiger partial charge on any atom is 0.129 e. The molecule has 124 valence electrons. The molecule has 0 aromatic rings. The topological polar surface area (TPSA) is 17.1 Å². The minimum atomic E-state index is 0.359. The molecule has 0 heterocycles. The molecular formula is C19H42O. The number of carbonyl (C=O) groups excluding carboxylic acids is 1. The molecule has 1 nitrogen and oxygen atoms in total. The van der Waals surface area contributed by atoms with Gasteiger partial charge in [0.25, 0.3) is 0 Å². The van der Waals surface area contributed by atoms with Gasteiger partial charge in [-0.25, -0.2) is 0 Å². The molecule has 0 radical (unpaired) electrons. The summed E-state index contributed by atoms with van der Waals surface area (Å²) in [6.45, 7) is 16.2. The summed E-state index contributed by atoms with van der Waals surface area (Å²) in [5, 5.41) is 0. The lowest BCUT2D eigenvalue weighted by Crippen LogP contribution is -2.14. The highest BCUT2D eigenvalue weighted by Gasteiger charge is 2.19. The van der Waals surface area contributed by atoms with E-state index in [0.29, 0.717) is 5.78 Å². The van der Waals surface area contributed by atoms with Crippen molar-refractivity contribution < 1.29 is 4.79 Å². The Labute approximate surface area is 129 Å². The molecule has 0 bridgehead atoms. The number of hydrogen-bond donors (Lipinski definition) is 0. The smallest absolute Gasteiger partial charge is 0.129 e. The van der Waals surface area contributed by atoms with E-state index in [9.17, 15) is 4.79 Å². The molecule has 0 atom stereocenters. The van der Waals surface area contributed by atoms with E-state index in [1.54, 1.807) is 6.92 Å². The summed E-state index contributed by atoms with van der Waals surface area (Å²) in [5.41, 5.74) is 0. The molecule has 0 aliphatic heterocycles. The molecular weight excluding hydrogens is 244 g/mol. The van der Waals surface area contributed by atoms with Crippen LogP contribution >= 0.6 is 0 Å². The fraction of sp³-hybridized carbons (Fsp3) is 0.947. The van der Waals surface area contributed by atoms with E-state index in [0.717, 1.165) is 24.7 Å². The van der Waals surface area contributed by atoms with E-state index in [1.807, 2.05) is 27.7 Å². The SMILES string of the molecule is CC.CC.CCC.CCC1CCC(CCC(C)=O)CC1. The summed E-state index contributed by atoms with van der Waals surface area (Å²) in [4.78, 5) is 10.8. The molecule has 0 amide bonds. The van der Waals surface area contributed by atoms with Gasteiger partial charge in [0.05, 0.1) is 0 Å². The van der Waals surface area contributed by atoms with Crippen LogP contribution in [0.3, 0.4) is 0 Å². The van der Waals surface area contributed by atoms with Crippen LogP contribution in [0.5, 0.6) is 0 Å². The van der Waals surface area contributed by atoms with Gasteiger partial charge in [-0.05, 0) is 25.2 Å².